The van der Waals surface area contributed by atoms with Gasteiger partial charge in [0.2, 0.25) is 5.91 Å². The quantitative estimate of drug-likeness (QED) is 0.521. The maximum atomic E-state index is 12.8. The molecule has 0 heterocycles. The van der Waals surface area contributed by atoms with E-state index >= 15 is 0 Å². The lowest BCUT2D eigenvalue weighted by molar-refractivity contribution is -0.116. The van der Waals surface area contributed by atoms with Crippen LogP contribution < -0.4 is 5.32 Å². The molecule has 26 heavy (non-hydrogen) atoms. The molecule has 0 aliphatic heterocycles. The fourth-order valence-corrected chi connectivity index (χ4v) is 2.28. The first kappa shape index (κ1) is 19.8. The molecule has 5 heteroatoms. The molecule has 0 saturated heterocycles. The van der Waals surface area contributed by atoms with Crippen LogP contribution in [0.1, 0.15) is 23.6 Å². The number of halogens is 1. The van der Waals surface area contributed by atoms with Crippen molar-refractivity contribution in [1.82, 2.24) is 5.32 Å². The number of benzene rings is 2. The molecule has 2 aromatic carbocycles. The summed E-state index contributed by atoms with van der Waals surface area (Å²) >= 11 is 0. The number of carbonyl (C=O) groups is 1. The Morgan fingerprint density at radius 3 is 2.58 bits per heavy atom. The van der Waals surface area contributed by atoms with Crippen molar-refractivity contribution in [2.75, 3.05) is 19.8 Å². The highest BCUT2D eigenvalue weighted by Crippen LogP contribution is 2.07. The molecule has 4 nitrogen and oxygen atoms in total. The zero-order chi connectivity index (χ0) is 18.6. The van der Waals surface area contributed by atoms with Crippen molar-refractivity contribution >= 4 is 12.0 Å². The van der Waals surface area contributed by atoms with E-state index in [9.17, 15) is 9.18 Å². The topological polar surface area (TPSA) is 47.6 Å². The summed E-state index contributed by atoms with van der Waals surface area (Å²) < 4.78 is 23.6. The van der Waals surface area contributed by atoms with Crippen LogP contribution in [-0.2, 0) is 27.4 Å². The lowest BCUT2D eigenvalue weighted by atomic mass is 10.1. The molecule has 0 spiro atoms. The third-order valence-corrected chi connectivity index (χ3v) is 3.60. The zero-order valence-corrected chi connectivity index (χ0v) is 14.9. The molecule has 0 aliphatic rings. The van der Waals surface area contributed by atoms with Crippen LogP contribution in [0.15, 0.2) is 54.6 Å². The largest absolute Gasteiger partial charge is 0.379 e. The summed E-state index contributed by atoms with van der Waals surface area (Å²) in [6, 6.07) is 13.8. The van der Waals surface area contributed by atoms with Gasteiger partial charge in [-0.2, -0.15) is 0 Å². The lowest BCUT2D eigenvalue weighted by Crippen LogP contribution is -2.20. The minimum absolute atomic E-state index is 0.201. The first-order chi connectivity index (χ1) is 12.7. The Labute approximate surface area is 153 Å². The van der Waals surface area contributed by atoms with Crippen LogP contribution in [0, 0.1) is 5.82 Å². The third-order valence-electron chi connectivity index (χ3n) is 3.60. The minimum atomic E-state index is -0.298. The average Bonchev–Trinajstić information content (AvgIpc) is 2.66. The Hall–Kier alpha value is -2.50. The van der Waals surface area contributed by atoms with Crippen LogP contribution in [0.3, 0.4) is 0 Å². The standard InChI is InChI=1S/C21H24FNO3/c1-2-25-12-13-26-16-19-5-3-4-18(14-19)15-23-21(24)11-8-17-6-9-20(22)10-7-17/h3-11,14H,2,12-13,15-16H2,1H3,(H,23,24)/b11-8+. The van der Waals surface area contributed by atoms with E-state index in [0.29, 0.717) is 33.0 Å². The van der Waals surface area contributed by atoms with Gasteiger partial charge in [-0.05, 0) is 41.8 Å². The summed E-state index contributed by atoms with van der Waals surface area (Å²) in [6.07, 6.45) is 3.09. The lowest BCUT2D eigenvalue weighted by Gasteiger charge is -2.07. The predicted molar refractivity (Wildman–Crippen MR) is 99.9 cm³/mol. The fourth-order valence-electron chi connectivity index (χ4n) is 2.28. The molecular formula is C21H24FNO3. The first-order valence-corrected chi connectivity index (χ1v) is 8.62. The normalized spacial score (nSPS) is 11.0. The number of amides is 1. The molecule has 0 atom stereocenters. The Bertz CT molecular complexity index is 713. The van der Waals surface area contributed by atoms with Gasteiger partial charge in [0, 0.05) is 19.2 Å². The molecule has 0 unspecified atom stereocenters. The van der Waals surface area contributed by atoms with E-state index in [2.05, 4.69) is 5.32 Å². The number of ether oxygens (including phenoxy) is 2. The second-order valence-electron chi connectivity index (χ2n) is 5.67. The zero-order valence-electron chi connectivity index (χ0n) is 14.9. The SMILES string of the molecule is CCOCCOCc1cccc(CNC(=O)/C=C/c2ccc(F)cc2)c1. The molecule has 0 radical (unpaired) electrons. The van der Waals surface area contributed by atoms with Gasteiger partial charge in [0.15, 0.2) is 0 Å². The van der Waals surface area contributed by atoms with Crippen molar-refractivity contribution in [2.45, 2.75) is 20.1 Å². The highest BCUT2D eigenvalue weighted by Gasteiger charge is 2.00. The highest BCUT2D eigenvalue weighted by molar-refractivity contribution is 5.91. The second kappa shape index (κ2) is 11.2. The van der Waals surface area contributed by atoms with Crippen molar-refractivity contribution in [1.29, 1.82) is 0 Å². The van der Waals surface area contributed by atoms with E-state index < -0.39 is 0 Å². The minimum Gasteiger partial charge on any atom is -0.379 e. The number of hydrogen-bond acceptors (Lipinski definition) is 3. The molecule has 2 rings (SSSR count). The van der Waals surface area contributed by atoms with Gasteiger partial charge in [-0.1, -0.05) is 36.4 Å². The molecule has 0 fully saturated rings. The van der Waals surface area contributed by atoms with Gasteiger partial charge in [-0.15, -0.1) is 0 Å². The van der Waals surface area contributed by atoms with Gasteiger partial charge < -0.3 is 14.8 Å². The van der Waals surface area contributed by atoms with Crippen molar-refractivity contribution in [2.24, 2.45) is 0 Å². The molecule has 2 aromatic rings. The van der Waals surface area contributed by atoms with Gasteiger partial charge in [0.05, 0.1) is 19.8 Å². The van der Waals surface area contributed by atoms with Crippen LogP contribution in [0.4, 0.5) is 4.39 Å². The molecule has 0 saturated carbocycles. The van der Waals surface area contributed by atoms with Crippen LogP contribution >= 0.6 is 0 Å². The summed E-state index contributed by atoms with van der Waals surface area (Å²) in [7, 11) is 0. The maximum absolute atomic E-state index is 12.8. The maximum Gasteiger partial charge on any atom is 0.244 e. The number of rotatable bonds is 10. The number of nitrogens with one attached hydrogen (secondary N) is 1. The van der Waals surface area contributed by atoms with Gasteiger partial charge in [-0.25, -0.2) is 4.39 Å². The van der Waals surface area contributed by atoms with Gasteiger partial charge in [-0.3, -0.25) is 4.79 Å². The Balaban J connectivity index is 1.76. The first-order valence-electron chi connectivity index (χ1n) is 8.62. The Morgan fingerprint density at radius 2 is 1.81 bits per heavy atom. The Kier molecular flexibility index (Phi) is 8.52. The van der Waals surface area contributed by atoms with E-state index in [1.165, 1.54) is 18.2 Å². The van der Waals surface area contributed by atoms with Crippen molar-refractivity contribution in [3.63, 3.8) is 0 Å². The van der Waals surface area contributed by atoms with Crippen LogP contribution in [0.25, 0.3) is 6.08 Å². The summed E-state index contributed by atoms with van der Waals surface area (Å²) in [5.41, 5.74) is 2.82. The van der Waals surface area contributed by atoms with Crippen molar-refractivity contribution in [3.05, 3.63) is 77.1 Å². The van der Waals surface area contributed by atoms with E-state index in [4.69, 9.17) is 9.47 Å². The van der Waals surface area contributed by atoms with Crippen LogP contribution in [-0.4, -0.2) is 25.7 Å². The smallest absolute Gasteiger partial charge is 0.244 e. The fraction of sp³-hybridized carbons (Fsp3) is 0.286. The molecular weight excluding hydrogens is 333 g/mol. The van der Waals surface area contributed by atoms with Gasteiger partial charge >= 0.3 is 0 Å². The van der Waals surface area contributed by atoms with Gasteiger partial charge in [0.25, 0.3) is 0 Å². The van der Waals surface area contributed by atoms with E-state index in [-0.39, 0.29) is 11.7 Å². The molecule has 0 aliphatic carbocycles. The highest BCUT2D eigenvalue weighted by atomic mass is 19.1. The van der Waals surface area contributed by atoms with Crippen molar-refractivity contribution in [3.8, 4) is 0 Å². The molecule has 0 bridgehead atoms. The molecule has 1 N–H and O–H groups in total. The Morgan fingerprint density at radius 1 is 1.08 bits per heavy atom. The van der Waals surface area contributed by atoms with Gasteiger partial charge in [0.1, 0.15) is 5.82 Å². The summed E-state index contributed by atoms with van der Waals surface area (Å²) in [4.78, 5) is 11.9. The number of carbonyl (C=O) groups excluding carboxylic acids is 1. The third kappa shape index (κ3) is 7.59. The van der Waals surface area contributed by atoms with Crippen LogP contribution in [0.2, 0.25) is 0 Å². The monoisotopic (exact) mass is 357 g/mol. The van der Waals surface area contributed by atoms with E-state index in [0.717, 1.165) is 16.7 Å². The van der Waals surface area contributed by atoms with Crippen LogP contribution in [0.5, 0.6) is 0 Å². The number of hydrogen-bond donors (Lipinski definition) is 1. The second-order valence-corrected chi connectivity index (χ2v) is 5.67. The van der Waals surface area contributed by atoms with E-state index in [1.807, 2.05) is 31.2 Å². The molecule has 138 valence electrons. The molecule has 0 aromatic heterocycles. The predicted octanol–water partition coefficient (Wildman–Crippen LogP) is 3.71. The summed E-state index contributed by atoms with van der Waals surface area (Å²) in [5, 5.41) is 2.83. The summed E-state index contributed by atoms with van der Waals surface area (Å²) in [6.45, 7) is 4.73. The van der Waals surface area contributed by atoms with E-state index in [1.54, 1.807) is 18.2 Å². The van der Waals surface area contributed by atoms with Crippen molar-refractivity contribution < 1.29 is 18.7 Å². The average molecular weight is 357 g/mol. The molecule has 1 amide bonds. The summed E-state index contributed by atoms with van der Waals surface area (Å²) in [5.74, 6) is -0.499.